The van der Waals surface area contributed by atoms with Crippen LogP contribution >= 0.6 is 0 Å². The molecule has 2 aromatic carbocycles. The lowest BCUT2D eigenvalue weighted by atomic mass is 9.83. The summed E-state index contributed by atoms with van der Waals surface area (Å²) in [5.41, 5.74) is 2.10. The topological polar surface area (TPSA) is 40.5 Å². The quantitative estimate of drug-likeness (QED) is 0.739. The van der Waals surface area contributed by atoms with E-state index in [1.165, 1.54) is 17.7 Å². The van der Waals surface area contributed by atoms with Gasteiger partial charge in [-0.1, -0.05) is 31.2 Å². The second-order valence-electron chi connectivity index (χ2n) is 7.46. The molecule has 1 heterocycles. The predicted octanol–water partition coefficient (Wildman–Crippen LogP) is 4.33. The van der Waals surface area contributed by atoms with Crippen LogP contribution in [0.1, 0.15) is 54.1 Å². The zero-order valence-electron chi connectivity index (χ0n) is 16.0. The zero-order valence-corrected chi connectivity index (χ0v) is 16.0. The van der Waals surface area contributed by atoms with Crippen molar-refractivity contribution in [3.05, 3.63) is 71.0 Å². The lowest BCUT2D eigenvalue weighted by Gasteiger charge is -2.38. The van der Waals surface area contributed by atoms with Gasteiger partial charge in [0.15, 0.2) is 5.78 Å². The van der Waals surface area contributed by atoms with E-state index in [0.717, 1.165) is 38.0 Å². The number of Topliss-reactive ketones (excluding diaryl/α,β-unsaturated/α-hetero) is 1. The molecule has 4 heteroatoms. The first-order valence-electron chi connectivity index (χ1n) is 9.83. The first-order valence-corrected chi connectivity index (χ1v) is 9.83. The summed E-state index contributed by atoms with van der Waals surface area (Å²) in [6.07, 6.45) is 3.64. The van der Waals surface area contributed by atoms with E-state index in [9.17, 15) is 14.3 Å². The molecule has 3 rings (SSSR count). The van der Waals surface area contributed by atoms with Gasteiger partial charge < -0.3 is 10.0 Å². The molecule has 0 spiro atoms. The number of ketones is 1. The SMILES string of the molecule is CCc1cccc(C2(O)CCN(CCCC(=O)c3ccc(F)cc3)CC2)c1. The van der Waals surface area contributed by atoms with Crippen molar-refractivity contribution in [1.29, 1.82) is 0 Å². The molecule has 1 aliphatic heterocycles. The fraction of sp³-hybridized carbons (Fsp3) is 0.435. The highest BCUT2D eigenvalue weighted by Crippen LogP contribution is 2.33. The maximum atomic E-state index is 12.9. The van der Waals surface area contributed by atoms with Crippen molar-refractivity contribution in [3.8, 4) is 0 Å². The maximum Gasteiger partial charge on any atom is 0.162 e. The monoisotopic (exact) mass is 369 g/mol. The van der Waals surface area contributed by atoms with Gasteiger partial charge in [-0.05, 0) is 67.6 Å². The lowest BCUT2D eigenvalue weighted by Crippen LogP contribution is -2.43. The minimum atomic E-state index is -0.744. The molecule has 1 fully saturated rings. The number of hydrogen-bond donors (Lipinski definition) is 1. The van der Waals surface area contributed by atoms with Crippen LogP contribution in [0.5, 0.6) is 0 Å². The molecular weight excluding hydrogens is 341 g/mol. The van der Waals surface area contributed by atoms with E-state index >= 15 is 0 Å². The summed E-state index contributed by atoms with van der Waals surface area (Å²) in [5.74, 6) is -0.267. The fourth-order valence-electron chi connectivity index (χ4n) is 3.76. The van der Waals surface area contributed by atoms with Crippen LogP contribution in [0.4, 0.5) is 4.39 Å². The van der Waals surface area contributed by atoms with E-state index in [1.54, 1.807) is 12.1 Å². The Balaban J connectivity index is 1.46. The van der Waals surface area contributed by atoms with E-state index in [1.807, 2.05) is 12.1 Å². The fourth-order valence-corrected chi connectivity index (χ4v) is 3.76. The largest absolute Gasteiger partial charge is 0.385 e. The minimum absolute atomic E-state index is 0.0555. The highest BCUT2D eigenvalue weighted by Gasteiger charge is 2.33. The Kier molecular flexibility index (Phi) is 6.40. The van der Waals surface area contributed by atoms with Gasteiger partial charge >= 0.3 is 0 Å². The standard InChI is InChI=1S/C23H28FNO2/c1-2-18-5-3-6-20(17-18)23(27)12-15-25(16-13-23)14-4-7-22(26)19-8-10-21(24)11-9-19/h3,5-6,8-11,17,27H,2,4,7,12-16H2,1H3. The van der Waals surface area contributed by atoms with E-state index in [2.05, 4.69) is 24.0 Å². The number of benzene rings is 2. The van der Waals surface area contributed by atoms with Crippen LogP contribution in [-0.2, 0) is 12.0 Å². The number of aliphatic hydroxyl groups is 1. The third-order valence-electron chi connectivity index (χ3n) is 5.60. The Hall–Kier alpha value is -2.04. The van der Waals surface area contributed by atoms with E-state index in [4.69, 9.17) is 0 Å². The van der Waals surface area contributed by atoms with Crippen molar-refractivity contribution in [2.45, 2.75) is 44.6 Å². The summed E-state index contributed by atoms with van der Waals surface area (Å²) < 4.78 is 12.9. The number of piperidine rings is 1. The molecule has 3 nitrogen and oxygen atoms in total. The number of hydrogen-bond acceptors (Lipinski definition) is 3. The number of aryl methyl sites for hydroxylation is 1. The number of rotatable bonds is 7. The van der Waals surface area contributed by atoms with Crippen LogP contribution in [-0.4, -0.2) is 35.4 Å². The van der Waals surface area contributed by atoms with Gasteiger partial charge in [-0.3, -0.25) is 4.79 Å². The zero-order chi connectivity index (χ0) is 19.3. The molecule has 0 amide bonds. The Morgan fingerprint density at radius 3 is 2.52 bits per heavy atom. The molecule has 144 valence electrons. The summed E-state index contributed by atoms with van der Waals surface area (Å²) in [7, 11) is 0. The van der Waals surface area contributed by atoms with Crippen molar-refractivity contribution in [2.75, 3.05) is 19.6 Å². The summed E-state index contributed by atoms with van der Waals surface area (Å²) in [6, 6.07) is 14.0. The molecule has 2 aromatic rings. The average molecular weight is 369 g/mol. The lowest BCUT2D eigenvalue weighted by molar-refractivity contribution is -0.0260. The number of carbonyl (C=O) groups excluding carboxylic acids is 1. The van der Waals surface area contributed by atoms with Gasteiger partial charge in [-0.15, -0.1) is 0 Å². The first-order chi connectivity index (χ1) is 13.0. The van der Waals surface area contributed by atoms with E-state index in [0.29, 0.717) is 24.8 Å². The van der Waals surface area contributed by atoms with Gasteiger partial charge in [0.2, 0.25) is 0 Å². The number of nitrogens with zero attached hydrogens (tertiary/aromatic N) is 1. The van der Waals surface area contributed by atoms with Crippen LogP contribution in [0.2, 0.25) is 0 Å². The van der Waals surface area contributed by atoms with Crippen LogP contribution in [0.15, 0.2) is 48.5 Å². The summed E-state index contributed by atoms with van der Waals surface area (Å²) in [4.78, 5) is 14.5. The van der Waals surface area contributed by atoms with Crippen LogP contribution in [0, 0.1) is 5.82 Å². The molecule has 0 aromatic heterocycles. The maximum absolute atomic E-state index is 12.9. The Morgan fingerprint density at radius 1 is 1.15 bits per heavy atom. The van der Waals surface area contributed by atoms with Gasteiger partial charge in [-0.2, -0.15) is 0 Å². The third-order valence-corrected chi connectivity index (χ3v) is 5.60. The molecule has 0 unspecified atom stereocenters. The second-order valence-corrected chi connectivity index (χ2v) is 7.46. The summed E-state index contributed by atoms with van der Waals surface area (Å²) in [6.45, 7) is 4.63. The number of carbonyl (C=O) groups is 1. The third kappa shape index (κ3) is 5.02. The molecule has 1 N–H and O–H groups in total. The van der Waals surface area contributed by atoms with Crippen molar-refractivity contribution in [2.24, 2.45) is 0 Å². The molecule has 0 atom stereocenters. The van der Waals surface area contributed by atoms with Gasteiger partial charge in [0.25, 0.3) is 0 Å². The van der Waals surface area contributed by atoms with Gasteiger partial charge in [-0.25, -0.2) is 4.39 Å². The minimum Gasteiger partial charge on any atom is -0.385 e. The molecule has 1 aliphatic rings. The highest BCUT2D eigenvalue weighted by molar-refractivity contribution is 5.95. The second kappa shape index (κ2) is 8.77. The Bertz CT molecular complexity index is 764. The molecular formula is C23H28FNO2. The smallest absolute Gasteiger partial charge is 0.162 e. The van der Waals surface area contributed by atoms with Crippen LogP contribution in [0.3, 0.4) is 0 Å². The molecule has 27 heavy (non-hydrogen) atoms. The van der Waals surface area contributed by atoms with Gasteiger partial charge in [0.05, 0.1) is 5.60 Å². The predicted molar refractivity (Wildman–Crippen MR) is 105 cm³/mol. The molecule has 0 bridgehead atoms. The van der Waals surface area contributed by atoms with Gasteiger partial charge in [0, 0.05) is 25.1 Å². The van der Waals surface area contributed by atoms with E-state index < -0.39 is 5.60 Å². The van der Waals surface area contributed by atoms with Crippen LogP contribution in [0.25, 0.3) is 0 Å². The van der Waals surface area contributed by atoms with Crippen molar-refractivity contribution in [1.82, 2.24) is 4.90 Å². The molecule has 0 radical (unpaired) electrons. The molecule has 0 aliphatic carbocycles. The summed E-state index contributed by atoms with van der Waals surface area (Å²) >= 11 is 0. The highest BCUT2D eigenvalue weighted by atomic mass is 19.1. The van der Waals surface area contributed by atoms with Crippen molar-refractivity contribution >= 4 is 5.78 Å². The molecule has 1 saturated heterocycles. The summed E-state index contributed by atoms with van der Waals surface area (Å²) in [5, 5.41) is 11.1. The average Bonchev–Trinajstić information content (AvgIpc) is 2.70. The normalized spacial score (nSPS) is 17.0. The Morgan fingerprint density at radius 2 is 1.85 bits per heavy atom. The number of likely N-dealkylation sites (tertiary alicyclic amines) is 1. The number of halogens is 1. The first kappa shape index (κ1) is 19.7. The van der Waals surface area contributed by atoms with Crippen molar-refractivity contribution in [3.63, 3.8) is 0 Å². The van der Waals surface area contributed by atoms with E-state index in [-0.39, 0.29) is 11.6 Å². The molecule has 0 saturated carbocycles. The van der Waals surface area contributed by atoms with Gasteiger partial charge in [0.1, 0.15) is 5.82 Å². The Labute approximate surface area is 160 Å². The van der Waals surface area contributed by atoms with Crippen LogP contribution < -0.4 is 0 Å². The van der Waals surface area contributed by atoms with Crippen molar-refractivity contribution < 1.29 is 14.3 Å².